The van der Waals surface area contributed by atoms with Gasteiger partial charge in [0, 0.05) is 30.4 Å². The van der Waals surface area contributed by atoms with Crippen LogP contribution < -0.4 is 5.32 Å². The fourth-order valence-corrected chi connectivity index (χ4v) is 4.49. The van der Waals surface area contributed by atoms with Gasteiger partial charge in [-0.15, -0.1) is 0 Å². The van der Waals surface area contributed by atoms with Crippen molar-refractivity contribution in [1.82, 2.24) is 10.2 Å². The van der Waals surface area contributed by atoms with Crippen molar-refractivity contribution >= 4 is 27.7 Å². The minimum Gasteiger partial charge on any atom is -0.354 e. The Morgan fingerprint density at radius 2 is 1.63 bits per heavy atom. The SMILES string of the molecule is CCCCNC(=O)[C@H](Cc1ccccc1)N(Cc1cccc(Br)c1)C(=O)CCc1ccc(C)cc1. The summed E-state index contributed by atoms with van der Waals surface area (Å²) < 4.78 is 0.953. The molecule has 4 nitrogen and oxygen atoms in total. The lowest BCUT2D eigenvalue weighted by Gasteiger charge is -2.32. The Bertz CT molecular complexity index is 1080. The van der Waals surface area contributed by atoms with Crippen molar-refractivity contribution in [2.75, 3.05) is 6.54 Å². The minimum absolute atomic E-state index is 0.0166. The van der Waals surface area contributed by atoms with E-state index in [1.165, 1.54) is 5.56 Å². The van der Waals surface area contributed by atoms with Gasteiger partial charge in [-0.3, -0.25) is 9.59 Å². The Morgan fingerprint density at radius 1 is 0.914 bits per heavy atom. The third-order valence-corrected chi connectivity index (χ3v) is 6.58. The van der Waals surface area contributed by atoms with Crippen molar-refractivity contribution in [1.29, 1.82) is 0 Å². The average Bonchev–Trinajstić information content (AvgIpc) is 2.86. The molecule has 1 N–H and O–H groups in total. The Hall–Kier alpha value is -2.92. The van der Waals surface area contributed by atoms with E-state index in [1.807, 2.05) is 54.6 Å². The largest absolute Gasteiger partial charge is 0.354 e. The summed E-state index contributed by atoms with van der Waals surface area (Å²) in [4.78, 5) is 28.9. The van der Waals surface area contributed by atoms with Crippen LogP contribution in [0.25, 0.3) is 0 Å². The van der Waals surface area contributed by atoms with E-state index in [9.17, 15) is 9.59 Å². The normalized spacial score (nSPS) is 11.6. The van der Waals surface area contributed by atoms with Gasteiger partial charge in [0.15, 0.2) is 0 Å². The van der Waals surface area contributed by atoms with Gasteiger partial charge in [0.05, 0.1) is 0 Å². The molecule has 0 fully saturated rings. The maximum absolute atomic E-state index is 13.7. The smallest absolute Gasteiger partial charge is 0.243 e. The van der Waals surface area contributed by atoms with Crippen LogP contribution in [0.3, 0.4) is 0 Å². The maximum Gasteiger partial charge on any atom is 0.243 e. The van der Waals surface area contributed by atoms with Gasteiger partial charge >= 0.3 is 0 Å². The molecule has 5 heteroatoms. The summed E-state index contributed by atoms with van der Waals surface area (Å²) in [6.45, 7) is 5.15. The predicted octanol–water partition coefficient (Wildman–Crippen LogP) is 6.25. The molecule has 1 atom stereocenters. The summed E-state index contributed by atoms with van der Waals surface area (Å²) in [6.07, 6.45) is 3.38. The van der Waals surface area contributed by atoms with Gasteiger partial charge < -0.3 is 10.2 Å². The van der Waals surface area contributed by atoms with E-state index in [4.69, 9.17) is 0 Å². The van der Waals surface area contributed by atoms with Gasteiger partial charge in [0.25, 0.3) is 0 Å². The second-order valence-corrected chi connectivity index (χ2v) is 9.90. The molecule has 0 radical (unpaired) electrons. The monoisotopic (exact) mass is 534 g/mol. The average molecular weight is 536 g/mol. The Morgan fingerprint density at radius 3 is 2.31 bits per heavy atom. The summed E-state index contributed by atoms with van der Waals surface area (Å²) in [5, 5.41) is 3.07. The number of carbonyl (C=O) groups is 2. The van der Waals surface area contributed by atoms with Crippen molar-refractivity contribution in [3.63, 3.8) is 0 Å². The third-order valence-electron chi connectivity index (χ3n) is 6.09. The van der Waals surface area contributed by atoms with Crippen LogP contribution in [-0.4, -0.2) is 29.3 Å². The number of carbonyl (C=O) groups excluding carboxylic acids is 2. The molecular formula is C30H35BrN2O2. The van der Waals surface area contributed by atoms with Gasteiger partial charge in [-0.25, -0.2) is 0 Å². The number of aryl methyl sites for hydroxylation is 2. The van der Waals surface area contributed by atoms with Crippen LogP contribution in [0.15, 0.2) is 83.3 Å². The van der Waals surface area contributed by atoms with Crippen LogP contribution in [0.4, 0.5) is 0 Å². The highest BCUT2D eigenvalue weighted by Crippen LogP contribution is 2.19. The number of rotatable bonds is 12. The molecule has 0 saturated heterocycles. The molecule has 0 heterocycles. The van der Waals surface area contributed by atoms with Crippen LogP contribution in [0, 0.1) is 6.92 Å². The summed E-state index contributed by atoms with van der Waals surface area (Å²) in [5.41, 5.74) is 4.34. The summed E-state index contributed by atoms with van der Waals surface area (Å²) in [5.74, 6) is -0.113. The molecule has 0 aromatic heterocycles. The van der Waals surface area contributed by atoms with E-state index in [2.05, 4.69) is 59.4 Å². The summed E-state index contributed by atoms with van der Waals surface area (Å²) in [7, 11) is 0. The molecule has 3 aromatic rings. The number of halogens is 1. The van der Waals surface area contributed by atoms with Crippen molar-refractivity contribution in [3.8, 4) is 0 Å². The van der Waals surface area contributed by atoms with Crippen molar-refractivity contribution in [2.24, 2.45) is 0 Å². The third kappa shape index (κ3) is 8.66. The minimum atomic E-state index is -0.584. The van der Waals surface area contributed by atoms with E-state index in [-0.39, 0.29) is 11.8 Å². The van der Waals surface area contributed by atoms with Gasteiger partial charge in [0.2, 0.25) is 11.8 Å². The Kier molecular flexibility index (Phi) is 10.5. The molecule has 0 aliphatic heterocycles. The van der Waals surface area contributed by atoms with E-state index in [0.717, 1.165) is 34.0 Å². The van der Waals surface area contributed by atoms with Crippen LogP contribution >= 0.6 is 15.9 Å². The Balaban J connectivity index is 1.87. The number of nitrogens with zero attached hydrogens (tertiary/aromatic N) is 1. The lowest BCUT2D eigenvalue weighted by atomic mass is 10.0. The zero-order valence-corrected chi connectivity index (χ0v) is 22.3. The second-order valence-electron chi connectivity index (χ2n) is 8.99. The molecule has 2 amide bonds. The molecule has 184 valence electrons. The maximum atomic E-state index is 13.7. The zero-order valence-electron chi connectivity index (χ0n) is 20.7. The van der Waals surface area contributed by atoms with Crippen LogP contribution in [0.5, 0.6) is 0 Å². The lowest BCUT2D eigenvalue weighted by Crippen LogP contribution is -2.50. The predicted molar refractivity (Wildman–Crippen MR) is 146 cm³/mol. The molecule has 0 aliphatic carbocycles. The highest BCUT2D eigenvalue weighted by atomic mass is 79.9. The highest BCUT2D eigenvalue weighted by Gasteiger charge is 2.30. The van der Waals surface area contributed by atoms with Crippen molar-refractivity contribution < 1.29 is 9.59 Å². The topological polar surface area (TPSA) is 49.4 Å². The first-order valence-corrected chi connectivity index (χ1v) is 13.2. The number of amides is 2. The molecule has 35 heavy (non-hydrogen) atoms. The van der Waals surface area contributed by atoms with Crippen LogP contribution in [0.1, 0.15) is 48.4 Å². The number of nitrogens with one attached hydrogen (secondary N) is 1. The zero-order chi connectivity index (χ0) is 25.0. The van der Waals surface area contributed by atoms with Gasteiger partial charge in [0.1, 0.15) is 6.04 Å². The molecule has 0 aliphatic rings. The van der Waals surface area contributed by atoms with Crippen molar-refractivity contribution in [3.05, 3.63) is 106 Å². The number of benzene rings is 3. The Labute approximate surface area is 217 Å². The van der Waals surface area contributed by atoms with E-state index in [1.54, 1.807) is 4.90 Å². The van der Waals surface area contributed by atoms with Gasteiger partial charge in [-0.2, -0.15) is 0 Å². The molecule has 0 saturated carbocycles. The quantitative estimate of drug-likeness (QED) is 0.279. The molecule has 0 unspecified atom stereocenters. The summed E-state index contributed by atoms with van der Waals surface area (Å²) >= 11 is 3.54. The highest BCUT2D eigenvalue weighted by molar-refractivity contribution is 9.10. The lowest BCUT2D eigenvalue weighted by molar-refractivity contribution is -0.141. The first-order chi connectivity index (χ1) is 17.0. The van der Waals surface area contributed by atoms with Gasteiger partial charge in [-0.05, 0) is 48.6 Å². The van der Waals surface area contributed by atoms with Gasteiger partial charge in [-0.1, -0.05) is 102 Å². The van der Waals surface area contributed by atoms with E-state index >= 15 is 0 Å². The molecule has 3 aromatic carbocycles. The van der Waals surface area contributed by atoms with Crippen molar-refractivity contribution in [2.45, 2.75) is 58.5 Å². The van der Waals surface area contributed by atoms with E-state index < -0.39 is 6.04 Å². The number of hydrogen-bond acceptors (Lipinski definition) is 2. The molecule has 3 rings (SSSR count). The second kappa shape index (κ2) is 13.8. The number of unbranched alkanes of at least 4 members (excludes halogenated alkanes) is 1. The standard InChI is InChI=1S/C30H35BrN2O2/c1-3-4-19-32-30(35)28(21-25-9-6-5-7-10-25)33(22-26-11-8-12-27(31)20-26)29(34)18-17-24-15-13-23(2)14-16-24/h5-16,20,28H,3-4,17-19,21-22H2,1-2H3,(H,32,35)/t28-/m0/s1. The van der Waals surface area contributed by atoms with Crippen LogP contribution in [-0.2, 0) is 29.0 Å². The van der Waals surface area contributed by atoms with Crippen LogP contribution in [0.2, 0.25) is 0 Å². The first-order valence-electron chi connectivity index (χ1n) is 12.4. The first kappa shape index (κ1) is 26.7. The summed E-state index contributed by atoms with van der Waals surface area (Å²) in [6, 6.07) is 25.6. The van der Waals surface area contributed by atoms with E-state index in [0.29, 0.717) is 32.4 Å². The molecule has 0 spiro atoms. The fraction of sp³-hybridized carbons (Fsp3) is 0.333. The number of hydrogen-bond donors (Lipinski definition) is 1. The molecular weight excluding hydrogens is 500 g/mol. The molecule has 0 bridgehead atoms. The fourth-order valence-electron chi connectivity index (χ4n) is 4.04.